The fourth-order valence-corrected chi connectivity index (χ4v) is 2.87. The van der Waals surface area contributed by atoms with Gasteiger partial charge in [-0.25, -0.2) is 0 Å². The van der Waals surface area contributed by atoms with Crippen molar-refractivity contribution in [2.24, 2.45) is 0 Å². The van der Waals surface area contributed by atoms with Crippen molar-refractivity contribution in [3.8, 4) is 0 Å². The molecule has 88 valence electrons. The van der Waals surface area contributed by atoms with E-state index in [0.717, 1.165) is 19.5 Å². The lowest BCUT2D eigenvalue weighted by molar-refractivity contribution is -0.842. The Bertz CT molecular complexity index is 355. The number of hydrogen-bond acceptors (Lipinski definition) is 1. The van der Waals surface area contributed by atoms with Crippen molar-refractivity contribution in [1.29, 1.82) is 0 Å². The molecular weight excluding hydrogens is 198 g/mol. The predicted molar refractivity (Wildman–Crippen MR) is 65.1 cm³/mol. The molecule has 0 amide bonds. The fourth-order valence-electron chi connectivity index (χ4n) is 2.87. The van der Waals surface area contributed by atoms with Crippen LogP contribution in [0.15, 0.2) is 30.3 Å². The molecule has 0 aromatic heterocycles. The van der Waals surface area contributed by atoms with E-state index in [0.29, 0.717) is 0 Å². The second kappa shape index (κ2) is 3.86. The van der Waals surface area contributed by atoms with Crippen LogP contribution < -0.4 is 4.90 Å². The molecule has 0 bridgehead atoms. The van der Waals surface area contributed by atoms with Gasteiger partial charge in [-0.3, -0.25) is 0 Å². The molecule has 2 nitrogen and oxygen atoms in total. The van der Waals surface area contributed by atoms with Gasteiger partial charge in [-0.05, 0) is 19.4 Å². The highest BCUT2D eigenvalue weighted by Gasteiger charge is 2.50. The summed E-state index contributed by atoms with van der Waals surface area (Å²) in [6.07, 6.45) is 0.999. The summed E-state index contributed by atoms with van der Waals surface area (Å²) in [5.41, 5.74) is 0.389. The Labute approximate surface area is 97.9 Å². The van der Waals surface area contributed by atoms with Crippen molar-refractivity contribution in [1.82, 2.24) is 0 Å². The summed E-state index contributed by atoms with van der Waals surface area (Å²) < 4.78 is 0. The van der Waals surface area contributed by atoms with Crippen LogP contribution in [0.25, 0.3) is 0 Å². The van der Waals surface area contributed by atoms with Crippen LogP contribution in [0.2, 0.25) is 0 Å². The number of quaternary nitrogens is 1. The smallest absolute Gasteiger partial charge is 0.0755 e. The second-order valence-corrected chi connectivity index (χ2v) is 5.43. The lowest BCUT2D eigenvalue weighted by Gasteiger charge is -2.39. The molecule has 0 saturated carbocycles. The third-order valence-corrected chi connectivity index (χ3v) is 3.95. The van der Waals surface area contributed by atoms with Crippen LogP contribution in [0.5, 0.6) is 0 Å². The summed E-state index contributed by atoms with van der Waals surface area (Å²) in [4.78, 5) is 1.26. The van der Waals surface area contributed by atoms with Gasteiger partial charge in [0.1, 0.15) is 0 Å². The number of rotatable bonds is 2. The van der Waals surface area contributed by atoms with Gasteiger partial charge in [0.2, 0.25) is 0 Å². The summed E-state index contributed by atoms with van der Waals surface area (Å²) in [5, 5.41) is 10.5. The summed E-state index contributed by atoms with van der Waals surface area (Å²) in [6, 6.07) is 10.4. The fraction of sp³-hybridized carbons (Fsp3) is 0.500. The van der Waals surface area contributed by atoms with E-state index in [1.54, 1.807) is 0 Å². The number of benzene rings is 1. The maximum atomic E-state index is 10.5. The Hall–Kier alpha value is -0.860. The Morgan fingerprint density at radius 2 is 1.94 bits per heavy atom. The molecule has 2 N–H and O–H groups in total. The first-order chi connectivity index (χ1) is 7.46. The Balaban J connectivity index is 2.45. The van der Waals surface area contributed by atoms with E-state index in [-0.39, 0.29) is 5.41 Å². The Morgan fingerprint density at radius 1 is 1.31 bits per heavy atom. The third-order valence-electron chi connectivity index (χ3n) is 3.95. The molecule has 2 atom stereocenters. The van der Waals surface area contributed by atoms with Crippen LogP contribution in [-0.4, -0.2) is 23.8 Å². The van der Waals surface area contributed by atoms with E-state index in [1.807, 2.05) is 32.0 Å². The molecular formula is C14H21NO. The number of nitrogens with one attached hydrogen (secondary N) is 1. The lowest BCUT2D eigenvalue weighted by Crippen LogP contribution is -3.05. The van der Waals surface area contributed by atoms with Gasteiger partial charge in [0.05, 0.1) is 24.1 Å². The molecule has 0 radical (unpaired) electrons. The minimum Gasteiger partial charge on any atom is -0.467 e. The first-order valence-corrected chi connectivity index (χ1v) is 5.90. The van der Waals surface area contributed by atoms with Crippen molar-refractivity contribution in [3.63, 3.8) is 0 Å². The molecule has 0 aliphatic carbocycles. The lowest BCUT2D eigenvalue weighted by atomic mass is 9.68. The van der Waals surface area contributed by atoms with Gasteiger partial charge in [0.15, 0.2) is 0 Å². The highest BCUT2D eigenvalue weighted by Crippen LogP contribution is 2.39. The predicted octanol–water partition coefficient (Wildman–Crippen LogP) is 0.775. The first kappa shape index (κ1) is 11.6. The maximum absolute atomic E-state index is 10.5. The number of hydrogen-bond donors (Lipinski definition) is 2. The monoisotopic (exact) mass is 219 g/mol. The van der Waals surface area contributed by atoms with Crippen molar-refractivity contribution in [2.75, 3.05) is 13.1 Å². The zero-order chi connectivity index (χ0) is 11.8. The summed E-state index contributed by atoms with van der Waals surface area (Å²) >= 11 is 0. The average molecular weight is 219 g/mol. The largest absolute Gasteiger partial charge is 0.467 e. The van der Waals surface area contributed by atoms with Crippen LogP contribution in [0.3, 0.4) is 0 Å². The molecule has 16 heavy (non-hydrogen) atoms. The summed E-state index contributed by atoms with van der Waals surface area (Å²) in [5.74, 6) is 0. The van der Waals surface area contributed by atoms with Gasteiger partial charge < -0.3 is 10.0 Å². The van der Waals surface area contributed by atoms with Crippen molar-refractivity contribution >= 4 is 0 Å². The maximum Gasteiger partial charge on any atom is 0.0755 e. The number of likely N-dealkylation sites (tertiary alicyclic amines) is 1. The Kier molecular flexibility index (Phi) is 2.81. The summed E-state index contributed by atoms with van der Waals surface area (Å²) in [7, 11) is 4.08. The van der Waals surface area contributed by atoms with Gasteiger partial charge >= 0.3 is 0 Å². The van der Waals surface area contributed by atoms with Crippen LogP contribution in [0, 0.1) is 7.05 Å². The van der Waals surface area contributed by atoms with E-state index in [2.05, 4.69) is 19.2 Å². The van der Waals surface area contributed by atoms with Crippen LogP contribution in [0.1, 0.15) is 25.8 Å². The minimum absolute atomic E-state index is 0.147. The van der Waals surface area contributed by atoms with Crippen LogP contribution in [-0.2, 0) is 5.41 Å². The number of aliphatic hydroxyl groups is 1. The quantitative estimate of drug-likeness (QED) is 0.706. The molecule has 1 saturated heterocycles. The zero-order valence-corrected chi connectivity index (χ0v) is 10.2. The molecule has 2 unspecified atom stereocenters. The van der Waals surface area contributed by atoms with Gasteiger partial charge in [-0.2, -0.15) is 7.05 Å². The Morgan fingerprint density at radius 3 is 2.38 bits per heavy atom. The van der Waals surface area contributed by atoms with E-state index in [4.69, 9.17) is 0 Å². The topological polar surface area (TPSA) is 24.7 Å². The van der Waals surface area contributed by atoms with Crippen LogP contribution in [0.4, 0.5) is 0 Å². The van der Waals surface area contributed by atoms with E-state index >= 15 is 0 Å². The molecule has 2 heteroatoms. The SMILES string of the molecule is [CH2-][NH+]1CCC(c2ccccc2)(C(C)(C)O)C1. The summed E-state index contributed by atoms with van der Waals surface area (Å²) in [6.45, 7) is 5.76. The standard InChI is InChI=1S/C14H21NO/c1-13(2,16)14(9-10-15(3)11-14)12-7-5-4-6-8-12/h4-8,15-16H,3,9-11H2,1-2H3. The van der Waals surface area contributed by atoms with Crippen molar-refractivity contribution in [2.45, 2.75) is 31.3 Å². The molecule has 1 aromatic rings. The highest BCUT2D eigenvalue weighted by molar-refractivity contribution is 5.30. The third kappa shape index (κ3) is 1.76. The zero-order valence-electron chi connectivity index (χ0n) is 10.2. The van der Waals surface area contributed by atoms with E-state index in [1.165, 1.54) is 10.5 Å². The molecule has 1 aliphatic rings. The molecule has 1 aromatic carbocycles. The van der Waals surface area contributed by atoms with E-state index < -0.39 is 5.60 Å². The highest BCUT2D eigenvalue weighted by atomic mass is 16.3. The molecule has 1 heterocycles. The molecule has 0 spiro atoms. The average Bonchev–Trinajstić information content (AvgIpc) is 2.62. The first-order valence-electron chi connectivity index (χ1n) is 5.90. The van der Waals surface area contributed by atoms with Crippen molar-refractivity contribution in [3.05, 3.63) is 42.9 Å². The van der Waals surface area contributed by atoms with Crippen molar-refractivity contribution < 1.29 is 10.0 Å². The molecule has 1 fully saturated rings. The normalized spacial score (nSPS) is 30.6. The van der Waals surface area contributed by atoms with Gasteiger partial charge in [-0.15, -0.1) is 0 Å². The van der Waals surface area contributed by atoms with E-state index in [9.17, 15) is 5.11 Å². The molecule has 1 aliphatic heterocycles. The minimum atomic E-state index is -0.701. The van der Waals surface area contributed by atoms with Gasteiger partial charge in [0.25, 0.3) is 0 Å². The van der Waals surface area contributed by atoms with Gasteiger partial charge in [0, 0.05) is 6.42 Å². The van der Waals surface area contributed by atoms with Gasteiger partial charge in [-0.1, -0.05) is 30.3 Å². The second-order valence-electron chi connectivity index (χ2n) is 5.43. The molecule has 2 rings (SSSR count). The van der Waals surface area contributed by atoms with Crippen LogP contribution >= 0.6 is 0 Å².